The van der Waals surface area contributed by atoms with Crippen LogP contribution in [0.5, 0.6) is 11.5 Å². The lowest BCUT2D eigenvalue weighted by Gasteiger charge is -2.24. The number of phenolic OH excluding ortho intramolecular Hbond substituents is 1. The summed E-state index contributed by atoms with van der Waals surface area (Å²) < 4.78 is 5.44. The molecule has 4 heteroatoms. The highest BCUT2D eigenvalue weighted by Crippen LogP contribution is 2.27. The van der Waals surface area contributed by atoms with Crippen LogP contribution in [0.1, 0.15) is 25.8 Å². The van der Waals surface area contributed by atoms with Gasteiger partial charge in [-0.25, -0.2) is 0 Å². The highest BCUT2D eigenvalue weighted by Gasteiger charge is 2.08. The van der Waals surface area contributed by atoms with E-state index in [4.69, 9.17) is 4.74 Å². The molecule has 0 saturated carbocycles. The number of benzene rings is 1. The van der Waals surface area contributed by atoms with Crippen LogP contribution in [0.2, 0.25) is 0 Å². The van der Waals surface area contributed by atoms with Crippen LogP contribution in [0, 0.1) is 0 Å². The molecule has 1 rings (SSSR count). The van der Waals surface area contributed by atoms with Gasteiger partial charge < -0.3 is 14.7 Å². The molecule has 0 aliphatic heterocycles. The Morgan fingerprint density at radius 2 is 1.85 bits per heavy atom. The molecule has 1 N–H and O–H groups in total. The fourth-order valence-electron chi connectivity index (χ4n) is 2.11. The maximum atomic E-state index is 9.73. The zero-order valence-corrected chi connectivity index (χ0v) is 13.2. The number of ether oxygens (including phenoxy) is 1. The van der Waals surface area contributed by atoms with E-state index < -0.39 is 0 Å². The van der Waals surface area contributed by atoms with Gasteiger partial charge in [-0.1, -0.05) is 13.0 Å². The second kappa shape index (κ2) is 8.82. The molecule has 0 fully saturated rings. The van der Waals surface area contributed by atoms with E-state index in [9.17, 15) is 5.11 Å². The van der Waals surface area contributed by atoms with Crippen molar-refractivity contribution in [3.63, 3.8) is 0 Å². The van der Waals surface area contributed by atoms with Crippen LogP contribution in [-0.2, 0) is 6.54 Å². The average Bonchev–Trinajstić information content (AvgIpc) is 2.40. The largest absolute Gasteiger partial charge is 0.504 e. The predicted molar refractivity (Wildman–Crippen MR) is 83.4 cm³/mol. The third kappa shape index (κ3) is 5.80. The molecule has 0 saturated heterocycles. The standard InChI is InChI=1S/C16H28N2O2/c1-5-9-18(11-10-17(3)4)13-14-7-8-15(19)16(12-14)20-6-2/h7-8,12,19H,5-6,9-11,13H2,1-4H3. The predicted octanol–water partition coefficient (Wildman–Crippen LogP) is 2.56. The minimum atomic E-state index is 0.214. The summed E-state index contributed by atoms with van der Waals surface area (Å²) in [6.45, 7) is 8.76. The van der Waals surface area contributed by atoms with Gasteiger partial charge in [0.05, 0.1) is 6.61 Å². The van der Waals surface area contributed by atoms with E-state index in [1.54, 1.807) is 6.07 Å². The first-order valence-corrected chi connectivity index (χ1v) is 7.38. The number of rotatable bonds is 9. The maximum Gasteiger partial charge on any atom is 0.161 e. The van der Waals surface area contributed by atoms with Crippen molar-refractivity contribution in [1.29, 1.82) is 0 Å². The summed E-state index contributed by atoms with van der Waals surface area (Å²) >= 11 is 0. The number of likely N-dealkylation sites (N-methyl/N-ethyl adjacent to an activating group) is 1. The van der Waals surface area contributed by atoms with E-state index in [0.29, 0.717) is 12.4 Å². The van der Waals surface area contributed by atoms with Crippen molar-refractivity contribution in [3.8, 4) is 11.5 Å². The Hall–Kier alpha value is -1.26. The molecule has 4 nitrogen and oxygen atoms in total. The number of aromatic hydroxyl groups is 1. The van der Waals surface area contributed by atoms with Crippen LogP contribution in [0.3, 0.4) is 0 Å². The van der Waals surface area contributed by atoms with E-state index in [2.05, 4.69) is 30.8 Å². The molecule has 0 aromatic heterocycles. The lowest BCUT2D eigenvalue weighted by atomic mass is 10.2. The second-order valence-electron chi connectivity index (χ2n) is 5.31. The van der Waals surface area contributed by atoms with E-state index in [1.165, 1.54) is 5.56 Å². The summed E-state index contributed by atoms with van der Waals surface area (Å²) in [5.74, 6) is 0.792. The monoisotopic (exact) mass is 280 g/mol. The van der Waals surface area contributed by atoms with Gasteiger partial charge in [0, 0.05) is 19.6 Å². The lowest BCUT2D eigenvalue weighted by molar-refractivity contribution is 0.233. The lowest BCUT2D eigenvalue weighted by Crippen LogP contribution is -2.32. The van der Waals surface area contributed by atoms with Crippen molar-refractivity contribution in [2.24, 2.45) is 0 Å². The van der Waals surface area contributed by atoms with Gasteiger partial charge in [0.2, 0.25) is 0 Å². The minimum Gasteiger partial charge on any atom is -0.504 e. The van der Waals surface area contributed by atoms with E-state index >= 15 is 0 Å². The fraction of sp³-hybridized carbons (Fsp3) is 0.625. The molecule has 0 bridgehead atoms. The number of hydrogen-bond donors (Lipinski definition) is 1. The van der Waals surface area contributed by atoms with E-state index in [0.717, 1.165) is 32.6 Å². The van der Waals surface area contributed by atoms with Gasteiger partial charge in [-0.15, -0.1) is 0 Å². The van der Waals surface area contributed by atoms with Gasteiger partial charge in [0.15, 0.2) is 11.5 Å². The van der Waals surface area contributed by atoms with Gasteiger partial charge in [-0.3, -0.25) is 4.90 Å². The first kappa shape index (κ1) is 16.8. The zero-order chi connectivity index (χ0) is 15.0. The topological polar surface area (TPSA) is 35.9 Å². The van der Waals surface area contributed by atoms with E-state index in [1.807, 2.05) is 19.1 Å². The van der Waals surface area contributed by atoms with Crippen molar-refractivity contribution in [2.45, 2.75) is 26.8 Å². The zero-order valence-electron chi connectivity index (χ0n) is 13.2. The SMILES string of the molecule is CCCN(CCN(C)C)Cc1ccc(O)c(OCC)c1. The molecule has 0 unspecified atom stereocenters. The molecule has 114 valence electrons. The van der Waals surface area contributed by atoms with Crippen LogP contribution in [0.15, 0.2) is 18.2 Å². The Morgan fingerprint density at radius 1 is 1.10 bits per heavy atom. The van der Waals surface area contributed by atoms with Crippen molar-refractivity contribution >= 4 is 0 Å². The molecule has 20 heavy (non-hydrogen) atoms. The summed E-state index contributed by atoms with van der Waals surface area (Å²) in [4.78, 5) is 4.63. The highest BCUT2D eigenvalue weighted by atomic mass is 16.5. The highest BCUT2D eigenvalue weighted by molar-refractivity contribution is 5.41. The van der Waals surface area contributed by atoms with Crippen LogP contribution < -0.4 is 4.74 Å². The summed E-state index contributed by atoms with van der Waals surface area (Å²) in [6, 6.07) is 5.63. The molecule has 0 aliphatic rings. The maximum absolute atomic E-state index is 9.73. The fourth-order valence-corrected chi connectivity index (χ4v) is 2.11. The molecule has 1 aromatic carbocycles. The Kier molecular flexibility index (Phi) is 7.41. The van der Waals surface area contributed by atoms with Gasteiger partial charge in [0.25, 0.3) is 0 Å². The summed E-state index contributed by atoms with van der Waals surface area (Å²) in [7, 11) is 4.19. The molecule has 0 atom stereocenters. The Morgan fingerprint density at radius 3 is 2.45 bits per heavy atom. The van der Waals surface area contributed by atoms with Crippen molar-refractivity contribution in [2.75, 3.05) is 40.3 Å². The Labute approximate surface area is 123 Å². The average molecular weight is 280 g/mol. The number of hydrogen-bond acceptors (Lipinski definition) is 4. The Balaban J connectivity index is 2.69. The normalized spacial score (nSPS) is 11.3. The molecule has 0 spiro atoms. The smallest absolute Gasteiger partial charge is 0.161 e. The minimum absolute atomic E-state index is 0.214. The summed E-state index contributed by atoms with van der Waals surface area (Å²) in [6.07, 6.45) is 1.14. The summed E-state index contributed by atoms with van der Waals surface area (Å²) in [5.41, 5.74) is 1.18. The Bertz CT molecular complexity index is 394. The summed E-state index contributed by atoms with van der Waals surface area (Å²) in [5, 5.41) is 9.73. The molecule has 0 amide bonds. The van der Waals surface area contributed by atoms with Gasteiger partial charge in [0.1, 0.15) is 0 Å². The van der Waals surface area contributed by atoms with Crippen molar-refractivity contribution in [1.82, 2.24) is 9.80 Å². The van der Waals surface area contributed by atoms with Gasteiger partial charge >= 0.3 is 0 Å². The molecule has 0 radical (unpaired) electrons. The van der Waals surface area contributed by atoms with Gasteiger partial charge in [-0.05, 0) is 51.7 Å². The van der Waals surface area contributed by atoms with Gasteiger partial charge in [-0.2, -0.15) is 0 Å². The molecule has 0 heterocycles. The van der Waals surface area contributed by atoms with Crippen LogP contribution in [-0.4, -0.2) is 55.2 Å². The van der Waals surface area contributed by atoms with Crippen LogP contribution >= 0.6 is 0 Å². The van der Waals surface area contributed by atoms with Crippen LogP contribution in [0.25, 0.3) is 0 Å². The quantitative estimate of drug-likeness (QED) is 0.754. The third-order valence-corrected chi connectivity index (χ3v) is 3.13. The second-order valence-corrected chi connectivity index (χ2v) is 5.31. The molecule has 0 aliphatic carbocycles. The van der Waals surface area contributed by atoms with Crippen LogP contribution in [0.4, 0.5) is 0 Å². The number of nitrogens with zero attached hydrogens (tertiary/aromatic N) is 2. The number of phenols is 1. The van der Waals surface area contributed by atoms with E-state index in [-0.39, 0.29) is 5.75 Å². The molecule has 1 aromatic rings. The van der Waals surface area contributed by atoms with Crippen molar-refractivity contribution < 1.29 is 9.84 Å². The molecular formula is C16H28N2O2. The molecular weight excluding hydrogens is 252 g/mol. The first-order chi connectivity index (χ1) is 9.56. The van der Waals surface area contributed by atoms with Crippen molar-refractivity contribution in [3.05, 3.63) is 23.8 Å². The first-order valence-electron chi connectivity index (χ1n) is 7.38. The third-order valence-electron chi connectivity index (χ3n) is 3.13.